The van der Waals surface area contributed by atoms with Gasteiger partial charge in [-0.05, 0) is 24.5 Å². The molecule has 1 aromatic heterocycles. The van der Waals surface area contributed by atoms with Gasteiger partial charge in [-0.15, -0.1) is 0 Å². The van der Waals surface area contributed by atoms with E-state index in [1.807, 2.05) is 10.6 Å². The second-order valence-electron chi connectivity index (χ2n) is 6.96. The Morgan fingerprint density at radius 1 is 1.20 bits per heavy atom. The number of aromatic hydroxyl groups is 1. The Bertz CT molecular complexity index is 892. The van der Waals surface area contributed by atoms with Crippen molar-refractivity contribution >= 4 is 5.69 Å². The van der Waals surface area contributed by atoms with Crippen molar-refractivity contribution in [1.82, 2.24) is 9.47 Å². The van der Waals surface area contributed by atoms with Gasteiger partial charge in [-0.25, -0.2) is 0 Å². The van der Waals surface area contributed by atoms with Crippen molar-refractivity contribution in [2.24, 2.45) is 5.92 Å². The van der Waals surface area contributed by atoms with Gasteiger partial charge < -0.3 is 9.67 Å². The molecule has 2 aliphatic rings. The molecule has 0 amide bonds. The van der Waals surface area contributed by atoms with Crippen LogP contribution >= 0.6 is 0 Å². The first-order valence-electron chi connectivity index (χ1n) is 8.39. The molecule has 2 atom stereocenters. The molecule has 0 unspecified atom stereocenters. The third-order valence-electron chi connectivity index (χ3n) is 5.22. The minimum Gasteiger partial charge on any atom is -0.508 e. The number of phenols is 1. The number of likely N-dealkylation sites (tertiary alicyclic amines) is 1. The van der Waals surface area contributed by atoms with Crippen LogP contribution in [-0.4, -0.2) is 32.6 Å². The highest BCUT2D eigenvalue weighted by molar-refractivity contribution is 5.43. The maximum Gasteiger partial charge on any atom is 0.270 e. The van der Waals surface area contributed by atoms with Gasteiger partial charge in [0.2, 0.25) is 0 Å². The molecule has 4 rings (SSSR count). The van der Waals surface area contributed by atoms with Gasteiger partial charge in [-0.3, -0.25) is 19.8 Å². The van der Waals surface area contributed by atoms with Gasteiger partial charge >= 0.3 is 0 Å². The molecule has 7 nitrogen and oxygen atoms in total. The van der Waals surface area contributed by atoms with E-state index in [1.54, 1.807) is 12.1 Å². The Morgan fingerprint density at radius 3 is 2.84 bits per heavy atom. The second-order valence-corrected chi connectivity index (χ2v) is 6.96. The number of nitrogens with zero attached hydrogens (tertiary/aromatic N) is 3. The average molecular weight is 341 g/mol. The number of aromatic nitrogens is 1. The Kier molecular flexibility index (Phi) is 3.80. The summed E-state index contributed by atoms with van der Waals surface area (Å²) in [5, 5.41) is 21.0. The zero-order valence-electron chi connectivity index (χ0n) is 13.7. The number of piperidine rings is 1. The van der Waals surface area contributed by atoms with Crippen molar-refractivity contribution in [2.45, 2.75) is 25.4 Å². The molecular formula is C18H19N3O4. The fourth-order valence-corrected chi connectivity index (χ4v) is 4.18. The number of rotatable bonds is 3. The van der Waals surface area contributed by atoms with Crippen molar-refractivity contribution in [1.29, 1.82) is 0 Å². The van der Waals surface area contributed by atoms with Crippen LogP contribution in [0.1, 0.15) is 23.6 Å². The molecule has 130 valence electrons. The first-order chi connectivity index (χ1) is 12.0. The number of hydrogen-bond donors (Lipinski definition) is 1. The topological polar surface area (TPSA) is 88.6 Å². The molecule has 1 aromatic carbocycles. The molecule has 2 aromatic rings. The van der Waals surface area contributed by atoms with Gasteiger partial charge in [0, 0.05) is 61.6 Å². The van der Waals surface area contributed by atoms with E-state index in [9.17, 15) is 20.0 Å². The molecule has 0 radical (unpaired) electrons. The molecular weight excluding hydrogens is 322 g/mol. The minimum absolute atomic E-state index is 0.0121. The fourth-order valence-electron chi connectivity index (χ4n) is 4.18. The molecule has 0 aliphatic carbocycles. The van der Waals surface area contributed by atoms with E-state index >= 15 is 0 Å². The summed E-state index contributed by atoms with van der Waals surface area (Å²) < 4.78 is 1.88. The van der Waals surface area contributed by atoms with Gasteiger partial charge in [0.15, 0.2) is 0 Å². The van der Waals surface area contributed by atoms with Crippen LogP contribution in [0, 0.1) is 16.0 Å². The van der Waals surface area contributed by atoms with E-state index in [4.69, 9.17) is 0 Å². The molecule has 7 heteroatoms. The summed E-state index contributed by atoms with van der Waals surface area (Å²) in [5.74, 6) is 0.743. The number of nitro benzene ring substituents is 1. The van der Waals surface area contributed by atoms with Crippen LogP contribution in [0.2, 0.25) is 0 Å². The number of phenolic OH excluding ortho intramolecular Hbond substituents is 1. The molecule has 1 N–H and O–H groups in total. The van der Waals surface area contributed by atoms with E-state index in [2.05, 4.69) is 4.90 Å². The molecule has 0 saturated carbocycles. The Labute approximate surface area is 144 Å². The van der Waals surface area contributed by atoms with Crippen LogP contribution in [0.25, 0.3) is 0 Å². The maximum absolute atomic E-state index is 12.1. The molecule has 25 heavy (non-hydrogen) atoms. The number of hydrogen-bond acceptors (Lipinski definition) is 5. The summed E-state index contributed by atoms with van der Waals surface area (Å²) in [5.41, 5.74) is 1.68. The van der Waals surface area contributed by atoms with Crippen LogP contribution < -0.4 is 5.56 Å². The van der Waals surface area contributed by atoms with E-state index in [0.717, 1.165) is 25.2 Å². The van der Waals surface area contributed by atoms with Crippen molar-refractivity contribution < 1.29 is 10.0 Å². The van der Waals surface area contributed by atoms with Gasteiger partial charge in [0.25, 0.3) is 11.2 Å². The SMILES string of the molecule is O=c1cccc2n1C[C@H]1C[C@H]2CN(Cc2cc([N+](=O)[O-])ccc2O)C1. The zero-order valence-corrected chi connectivity index (χ0v) is 13.7. The van der Waals surface area contributed by atoms with Crippen LogP contribution in [0.4, 0.5) is 5.69 Å². The monoisotopic (exact) mass is 341 g/mol. The lowest BCUT2D eigenvalue weighted by Gasteiger charge is -2.42. The summed E-state index contributed by atoms with van der Waals surface area (Å²) in [6, 6.07) is 9.55. The minimum atomic E-state index is -0.448. The second kappa shape index (κ2) is 6.00. The van der Waals surface area contributed by atoms with E-state index in [-0.39, 0.29) is 22.9 Å². The maximum atomic E-state index is 12.1. The predicted molar refractivity (Wildman–Crippen MR) is 91.6 cm³/mol. The summed E-state index contributed by atoms with van der Waals surface area (Å²) in [7, 11) is 0. The molecule has 3 heterocycles. The number of fused-ring (bicyclic) bond motifs is 4. The molecule has 1 fully saturated rings. The van der Waals surface area contributed by atoms with Gasteiger partial charge in [-0.2, -0.15) is 0 Å². The predicted octanol–water partition coefficient (Wildman–Crippen LogP) is 2.08. The molecule has 2 bridgehead atoms. The lowest BCUT2D eigenvalue weighted by atomic mass is 9.83. The van der Waals surface area contributed by atoms with Gasteiger partial charge in [-0.1, -0.05) is 6.07 Å². The van der Waals surface area contributed by atoms with Crippen LogP contribution in [0.3, 0.4) is 0 Å². The van der Waals surface area contributed by atoms with Crippen molar-refractivity contribution in [3.05, 3.63) is 68.1 Å². The van der Waals surface area contributed by atoms with Crippen molar-refractivity contribution in [2.75, 3.05) is 13.1 Å². The number of non-ortho nitro benzene ring substituents is 1. The van der Waals surface area contributed by atoms with Crippen molar-refractivity contribution in [3.63, 3.8) is 0 Å². The molecule has 2 aliphatic heterocycles. The fraction of sp³-hybridized carbons (Fsp3) is 0.389. The third-order valence-corrected chi connectivity index (χ3v) is 5.22. The number of pyridine rings is 1. The molecule has 1 saturated heterocycles. The lowest BCUT2D eigenvalue weighted by Crippen LogP contribution is -2.46. The highest BCUT2D eigenvalue weighted by Crippen LogP contribution is 2.36. The summed E-state index contributed by atoms with van der Waals surface area (Å²) in [4.78, 5) is 24.8. The summed E-state index contributed by atoms with van der Waals surface area (Å²) in [6.45, 7) is 2.78. The summed E-state index contributed by atoms with van der Waals surface area (Å²) >= 11 is 0. The van der Waals surface area contributed by atoms with Crippen LogP contribution in [0.15, 0.2) is 41.2 Å². The van der Waals surface area contributed by atoms with Crippen LogP contribution in [0.5, 0.6) is 5.75 Å². The smallest absolute Gasteiger partial charge is 0.270 e. The third kappa shape index (κ3) is 2.91. The van der Waals surface area contributed by atoms with Crippen LogP contribution in [-0.2, 0) is 13.1 Å². The van der Waals surface area contributed by atoms with Crippen molar-refractivity contribution in [3.8, 4) is 5.75 Å². The highest BCUT2D eigenvalue weighted by Gasteiger charge is 2.34. The largest absolute Gasteiger partial charge is 0.508 e. The zero-order chi connectivity index (χ0) is 17.6. The molecule has 0 spiro atoms. The normalized spacial score (nSPS) is 22.4. The Morgan fingerprint density at radius 2 is 2.04 bits per heavy atom. The first-order valence-corrected chi connectivity index (χ1v) is 8.39. The lowest BCUT2D eigenvalue weighted by molar-refractivity contribution is -0.385. The van der Waals surface area contributed by atoms with Gasteiger partial charge in [0.1, 0.15) is 5.75 Å². The quantitative estimate of drug-likeness (QED) is 0.682. The van der Waals surface area contributed by atoms with E-state index < -0.39 is 4.92 Å². The highest BCUT2D eigenvalue weighted by atomic mass is 16.6. The standard InChI is InChI=1S/C18H19N3O4/c22-17-5-4-15(21(24)25)7-14(17)11-19-8-12-6-13(10-19)16-2-1-3-18(23)20(16)9-12/h1-5,7,12-13,22H,6,8-11H2/t12-,13-/m0/s1. The average Bonchev–Trinajstić information content (AvgIpc) is 2.57. The summed E-state index contributed by atoms with van der Waals surface area (Å²) in [6.07, 6.45) is 1.06. The number of nitro groups is 1. The Balaban J connectivity index is 1.58. The Hall–Kier alpha value is -2.67. The first kappa shape index (κ1) is 15.8. The van der Waals surface area contributed by atoms with Gasteiger partial charge in [0.05, 0.1) is 4.92 Å². The van der Waals surface area contributed by atoms with E-state index in [1.165, 1.54) is 18.2 Å². The number of benzene rings is 1. The van der Waals surface area contributed by atoms with E-state index in [0.29, 0.717) is 24.6 Å².